The number of para-hydroxylation sites is 3. The van der Waals surface area contributed by atoms with Gasteiger partial charge in [0.15, 0.2) is 5.75 Å². The van der Waals surface area contributed by atoms with Crippen molar-refractivity contribution in [3.63, 3.8) is 0 Å². The van der Waals surface area contributed by atoms with Crippen molar-refractivity contribution in [2.24, 2.45) is 5.92 Å². The van der Waals surface area contributed by atoms with Crippen LogP contribution in [-0.4, -0.2) is 23.8 Å². The van der Waals surface area contributed by atoms with Crippen LogP contribution in [-0.2, 0) is 14.4 Å². The lowest BCUT2D eigenvalue weighted by atomic mass is 10.1. The molecule has 26 heavy (non-hydrogen) atoms. The number of hydrogen-bond donors (Lipinski definition) is 1. The summed E-state index contributed by atoms with van der Waals surface area (Å²) in [5, 5.41) is 2.75. The molecule has 0 radical (unpaired) electrons. The highest BCUT2D eigenvalue weighted by molar-refractivity contribution is 6.07. The average molecular weight is 350 g/mol. The van der Waals surface area contributed by atoms with Gasteiger partial charge in [-0.25, -0.2) is 4.79 Å². The maximum Gasteiger partial charge on any atom is 0.335 e. The van der Waals surface area contributed by atoms with Gasteiger partial charge < -0.3 is 10.1 Å². The van der Waals surface area contributed by atoms with Crippen LogP contribution in [0.15, 0.2) is 54.6 Å². The summed E-state index contributed by atoms with van der Waals surface area (Å²) in [6.45, 7) is 0. The van der Waals surface area contributed by atoms with Crippen molar-refractivity contribution in [1.29, 1.82) is 0 Å². The Hall–Kier alpha value is -3.15. The monoisotopic (exact) mass is 350 g/mol. The first-order valence-electron chi connectivity index (χ1n) is 8.62. The number of rotatable bonds is 4. The molecule has 2 aromatic carbocycles. The maximum atomic E-state index is 12.8. The number of carbonyl (C=O) groups is 3. The molecule has 6 heteroatoms. The minimum absolute atomic E-state index is 0.0753. The number of benzene rings is 2. The van der Waals surface area contributed by atoms with Crippen LogP contribution in [0.2, 0.25) is 0 Å². The molecule has 1 atom stereocenters. The van der Waals surface area contributed by atoms with Gasteiger partial charge in [-0.3, -0.25) is 14.5 Å². The number of anilines is 2. The van der Waals surface area contributed by atoms with Gasteiger partial charge in [-0.05, 0) is 37.1 Å². The Kier molecular flexibility index (Phi) is 4.16. The Morgan fingerprint density at radius 2 is 1.73 bits per heavy atom. The van der Waals surface area contributed by atoms with Gasteiger partial charge in [-0.1, -0.05) is 30.3 Å². The van der Waals surface area contributed by atoms with Gasteiger partial charge in [0.05, 0.1) is 12.1 Å². The van der Waals surface area contributed by atoms with Crippen LogP contribution in [0.1, 0.15) is 19.3 Å². The smallest absolute Gasteiger partial charge is 0.335 e. The summed E-state index contributed by atoms with van der Waals surface area (Å²) in [6.07, 6.45) is 1.48. The molecule has 2 aliphatic rings. The largest absolute Gasteiger partial charge is 0.423 e. The number of esters is 1. The van der Waals surface area contributed by atoms with Crippen LogP contribution in [0.3, 0.4) is 0 Å². The quantitative estimate of drug-likeness (QED) is 0.679. The summed E-state index contributed by atoms with van der Waals surface area (Å²) in [5.41, 5.74) is 1.18. The lowest BCUT2D eigenvalue weighted by Crippen LogP contribution is -2.52. The first-order chi connectivity index (χ1) is 12.6. The molecule has 0 bridgehead atoms. The van der Waals surface area contributed by atoms with Crippen LogP contribution < -0.4 is 15.0 Å². The molecule has 0 spiro atoms. The van der Waals surface area contributed by atoms with Crippen LogP contribution >= 0.6 is 0 Å². The maximum absolute atomic E-state index is 12.8. The van der Waals surface area contributed by atoms with E-state index in [4.69, 9.17) is 4.74 Å². The van der Waals surface area contributed by atoms with E-state index in [-0.39, 0.29) is 24.2 Å². The topological polar surface area (TPSA) is 75.7 Å². The van der Waals surface area contributed by atoms with Crippen LogP contribution in [0.4, 0.5) is 11.4 Å². The van der Waals surface area contributed by atoms with E-state index in [1.54, 1.807) is 36.4 Å². The highest BCUT2D eigenvalue weighted by Gasteiger charge is 2.44. The second kappa shape index (κ2) is 6.63. The highest BCUT2D eigenvalue weighted by Crippen LogP contribution is 2.40. The molecule has 0 aromatic heterocycles. The zero-order chi connectivity index (χ0) is 18.1. The molecule has 2 aromatic rings. The molecule has 6 nitrogen and oxygen atoms in total. The van der Waals surface area contributed by atoms with Crippen LogP contribution in [0, 0.1) is 5.92 Å². The predicted molar refractivity (Wildman–Crippen MR) is 95.8 cm³/mol. The van der Waals surface area contributed by atoms with Crippen molar-refractivity contribution in [3.05, 3.63) is 54.6 Å². The summed E-state index contributed by atoms with van der Waals surface area (Å²) < 4.78 is 5.36. The second-order valence-electron chi connectivity index (χ2n) is 6.51. The zero-order valence-corrected chi connectivity index (χ0v) is 14.1. The van der Waals surface area contributed by atoms with E-state index in [1.165, 1.54) is 4.90 Å². The second-order valence-corrected chi connectivity index (χ2v) is 6.51. The van der Waals surface area contributed by atoms with E-state index in [0.29, 0.717) is 17.1 Å². The van der Waals surface area contributed by atoms with E-state index in [2.05, 4.69) is 5.32 Å². The summed E-state index contributed by atoms with van der Waals surface area (Å²) in [6, 6.07) is 15.0. The molecule has 0 unspecified atom stereocenters. The van der Waals surface area contributed by atoms with E-state index in [0.717, 1.165) is 12.8 Å². The fourth-order valence-electron chi connectivity index (χ4n) is 3.08. The van der Waals surface area contributed by atoms with E-state index in [9.17, 15) is 14.4 Å². The van der Waals surface area contributed by atoms with Crippen molar-refractivity contribution < 1.29 is 19.1 Å². The molecular formula is C20H18N2O4. The van der Waals surface area contributed by atoms with Gasteiger partial charge in [-0.15, -0.1) is 0 Å². The number of nitrogens with zero attached hydrogens (tertiary/aromatic N) is 1. The van der Waals surface area contributed by atoms with Gasteiger partial charge in [-0.2, -0.15) is 0 Å². The molecule has 1 fully saturated rings. The molecule has 1 heterocycles. The molecule has 4 rings (SSSR count). The zero-order valence-electron chi connectivity index (χ0n) is 14.1. The average Bonchev–Trinajstić information content (AvgIpc) is 3.48. The standard InChI is InChI=1S/C20H18N2O4/c23-18(21-14-6-2-1-3-7-14)12-16-20(25)26-17-9-5-4-8-15(17)22(16)19(24)13-10-11-13/h1-9,13,16H,10-12H2,(H,21,23)/t16-/m1/s1. The van der Waals surface area contributed by atoms with Gasteiger partial charge in [0.1, 0.15) is 6.04 Å². The molecule has 1 saturated carbocycles. The number of hydrogen-bond acceptors (Lipinski definition) is 4. The number of carbonyl (C=O) groups excluding carboxylic acids is 3. The van der Waals surface area contributed by atoms with Crippen molar-refractivity contribution in [3.8, 4) is 5.75 Å². The van der Waals surface area contributed by atoms with Crippen molar-refractivity contribution in [2.75, 3.05) is 10.2 Å². The SMILES string of the molecule is O=C(C[C@@H]1C(=O)Oc2ccccc2N1C(=O)C1CC1)Nc1ccccc1. The molecular weight excluding hydrogens is 332 g/mol. The third-order valence-electron chi connectivity index (χ3n) is 4.52. The van der Waals surface area contributed by atoms with Gasteiger partial charge in [0, 0.05) is 11.6 Å². The van der Waals surface area contributed by atoms with Gasteiger partial charge >= 0.3 is 5.97 Å². The Morgan fingerprint density at radius 1 is 1.04 bits per heavy atom. The Balaban J connectivity index is 1.59. The number of ether oxygens (including phenoxy) is 1. The Morgan fingerprint density at radius 3 is 2.46 bits per heavy atom. The van der Waals surface area contributed by atoms with Crippen molar-refractivity contribution in [2.45, 2.75) is 25.3 Å². The lowest BCUT2D eigenvalue weighted by Gasteiger charge is -2.35. The molecule has 1 N–H and O–H groups in total. The van der Waals surface area contributed by atoms with E-state index < -0.39 is 12.0 Å². The minimum atomic E-state index is -0.957. The third kappa shape index (κ3) is 3.18. The van der Waals surface area contributed by atoms with Gasteiger partial charge in [0.2, 0.25) is 11.8 Å². The highest BCUT2D eigenvalue weighted by atomic mass is 16.5. The molecule has 0 saturated heterocycles. The van der Waals surface area contributed by atoms with E-state index in [1.807, 2.05) is 18.2 Å². The molecule has 132 valence electrons. The fourth-order valence-corrected chi connectivity index (χ4v) is 3.08. The normalized spacial score (nSPS) is 18.7. The summed E-state index contributed by atoms with van der Waals surface area (Å²) >= 11 is 0. The Bertz CT molecular complexity index is 861. The third-order valence-corrected chi connectivity index (χ3v) is 4.52. The molecule has 2 amide bonds. The summed E-state index contributed by atoms with van der Waals surface area (Å²) in [7, 11) is 0. The molecule has 1 aliphatic carbocycles. The van der Waals surface area contributed by atoms with Gasteiger partial charge in [0.25, 0.3) is 0 Å². The van der Waals surface area contributed by atoms with E-state index >= 15 is 0 Å². The number of amides is 2. The minimum Gasteiger partial charge on any atom is -0.423 e. The summed E-state index contributed by atoms with van der Waals surface area (Å²) in [4.78, 5) is 39.2. The number of fused-ring (bicyclic) bond motifs is 1. The number of nitrogens with one attached hydrogen (secondary N) is 1. The van der Waals surface area contributed by atoms with Crippen LogP contribution in [0.5, 0.6) is 5.75 Å². The van der Waals surface area contributed by atoms with Crippen molar-refractivity contribution in [1.82, 2.24) is 0 Å². The first kappa shape index (κ1) is 16.3. The summed E-state index contributed by atoms with van der Waals surface area (Å²) in [5.74, 6) is -0.765. The molecule has 1 aliphatic heterocycles. The Labute approximate surface area is 150 Å². The fraction of sp³-hybridized carbons (Fsp3) is 0.250. The predicted octanol–water partition coefficient (Wildman–Crippen LogP) is 2.75. The van der Waals surface area contributed by atoms with Crippen molar-refractivity contribution >= 4 is 29.2 Å². The lowest BCUT2D eigenvalue weighted by molar-refractivity contribution is -0.140. The van der Waals surface area contributed by atoms with Crippen LogP contribution in [0.25, 0.3) is 0 Å². The first-order valence-corrected chi connectivity index (χ1v) is 8.62.